The van der Waals surface area contributed by atoms with E-state index in [0.29, 0.717) is 17.2 Å². The second kappa shape index (κ2) is 17.3. The molecule has 2 nitrogen and oxygen atoms in total. The van der Waals surface area contributed by atoms with Crippen molar-refractivity contribution in [2.75, 3.05) is 9.80 Å². The lowest BCUT2D eigenvalue weighted by molar-refractivity contribution is 0.550. The van der Waals surface area contributed by atoms with Crippen LogP contribution in [0.1, 0.15) is 42.5 Å². The van der Waals surface area contributed by atoms with Crippen LogP contribution in [0.15, 0.2) is 288 Å². The van der Waals surface area contributed by atoms with Crippen molar-refractivity contribution < 1.29 is 51.3 Å². The molecule has 0 bridgehead atoms. The van der Waals surface area contributed by atoms with E-state index in [1.165, 1.54) is 48.6 Å². The Balaban J connectivity index is 1.18. The van der Waals surface area contributed by atoms with Crippen LogP contribution >= 0.6 is 0 Å². The van der Waals surface area contributed by atoms with Crippen molar-refractivity contribution in [3.8, 4) is 44.5 Å². The number of rotatable bonds is 10. The number of hydrogen-bond acceptors (Lipinski definition) is 2. The summed E-state index contributed by atoms with van der Waals surface area (Å²) < 4.78 is 314. The summed E-state index contributed by atoms with van der Waals surface area (Å²) in [4.78, 5) is 1.62. The molecule has 0 saturated carbocycles. The fraction of sp³-hybridized carbons (Fsp3) is 0.0312. The number of halogens is 2. The van der Waals surface area contributed by atoms with Crippen molar-refractivity contribution in [3.05, 3.63) is 299 Å². The monoisotopic (exact) mass is 910 g/mol. The van der Waals surface area contributed by atoms with Crippen molar-refractivity contribution in [1.29, 1.82) is 0 Å². The van der Waals surface area contributed by atoms with Gasteiger partial charge in [-0.15, -0.1) is 0 Å². The third-order valence-corrected chi connectivity index (χ3v) is 11.6. The smallest absolute Gasteiger partial charge is 0.148 e. The average molecular weight is 910 g/mol. The normalized spacial score (nSPS) is 22.9. The third kappa shape index (κ3) is 7.19. The van der Waals surface area contributed by atoms with Crippen LogP contribution in [0.2, 0.25) is 0 Å². The summed E-state index contributed by atoms with van der Waals surface area (Å²) in [6.07, 6.45) is 11.6. The predicted octanol–water partition coefficient (Wildman–Crippen LogP) is 16.9. The van der Waals surface area contributed by atoms with E-state index in [-0.39, 0.29) is 22.5 Å². The first kappa shape index (κ1) is 19.7. The Morgan fingerprint density at radius 1 is 0.382 bits per heavy atom. The third-order valence-electron chi connectivity index (χ3n) is 11.6. The molecule has 0 amide bonds. The topological polar surface area (TPSA) is 6.48 Å². The Labute approximate surface area is 439 Å². The number of allylic oxidation sites excluding steroid dienone is 12. The number of nitrogens with zero attached hydrogens (tertiary/aromatic N) is 2. The van der Waals surface area contributed by atoms with Gasteiger partial charge in [0.15, 0.2) is 0 Å². The lowest BCUT2D eigenvalue weighted by Crippen LogP contribution is -2.35. The molecule has 12 rings (SSSR count). The molecule has 2 unspecified atom stereocenters. The summed E-state index contributed by atoms with van der Waals surface area (Å²) in [6, 6.07) is -27.4. The molecule has 4 aliphatic carbocycles. The van der Waals surface area contributed by atoms with Crippen molar-refractivity contribution >= 4 is 22.7 Å². The molecular formula is C64H44F2N2. The fourth-order valence-electron chi connectivity index (χ4n) is 8.86. The molecule has 8 aromatic carbocycles. The molecule has 4 heteroatoms. The van der Waals surface area contributed by atoms with E-state index >= 15 is 8.78 Å². The molecule has 0 spiro atoms. The highest BCUT2D eigenvalue weighted by Crippen LogP contribution is 2.55. The largest absolute Gasteiger partial charge is 0.307 e. The molecule has 4 aliphatic rings. The van der Waals surface area contributed by atoms with E-state index in [1.54, 1.807) is 0 Å². The molecule has 0 radical (unpaired) electrons. The van der Waals surface area contributed by atoms with Crippen LogP contribution in [0.3, 0.4) is 0 Å². The highest BCUT2D eigenvalue weighted by Gasteiger charge is 2.43. The molecule has 0 heterocycles. The van der Waals surface area contributed by atoms with Gasteiger partial charge in [0, 0.05) is 34.3 Å². The molecule has 2 atom stereocenters. The maximum absolute atomic E-state index is 18.9. The van der Waals surface area contributed by atoms with E-state index in [0.717, 1.165) is 21.9 Å². The highest BCUT2D eigenvalue weighted by molar-refractivity contribution is 5.92. The van der Waals surface area contributed by atoms with Gasteiger partial charge in [-0.3, -0.25) is 0 Å². The average Bonchev–Trinajstić information content (AvgIpc) is 0.714. The second-order valence-electron chi connectivity index (χ2n) is 15.2. The van der Waals surface area contributed by atoms with E-state index in [1.807, 2.05) is 0 Å². The zero-order valence-corrected chi connectivity index (χ0v) is 34.7. The lowest BCUT2D eigenvalue weighted by Gasteiger charge is -2.45. The van der Waals surface area contributed by atoms with Crippen LogP contribution < -0.4 is 9.80 Å². The maximum Gasteiger partial charge on any atom is 0.148 e. The summed E-state index contributed by atoms with van der Waals surface area (Å²) in [5, 5.41) is 0. The first-order valence-corrected chi connectivity index (χ1v) is 20.6. The zero-order valence-electron chi connectivity index (χ0n) is 65.7. The number of hydrogen-bond donors (Lipinski definition) is 0. The molecule has 0 fully saturated rings. The molecule has 0 saturated heterocycles. The number of benzene rings is 8. The van der Waals surface area contributed by atoms with E-state index in [4.69, 9.17) is 30.2 Å². The molecule has 0 N–H and O–H groups in total. The maximum atomic E-state index is 18.9. The minimum absolute atomic E-state index is 0.0422. The number of anilines is 4. The highest BCUT2D eigenvalue weighted by atomic mass is 19.1. The SMILES string of the molecule is [2H]c1c([2H])c([2H])c(-c2cc(F)c(N(C3=CC=C4C=CC5=C(N(c6c([2H])c([2H])c([2H])c([2H])c6[2H])c6c(-c7c([2H])c([2H])c([2H])c([2H])c7[2H])cc(-c7c([2H])c([2H])c([2H])c([2H])c7[2H])c([2H])c6F)C=CC6=CC=C3C4C65)c3c([2H])c([2H])c([2H])c([2H])c3[2H])c(-c3c([2H])c([2H])c([2H])c([2H])c3[2H])c2)c([2H])c1[2H]. The van der Waals surface area contributed by atoms with Gasteiger partial charge in [0.2, 0.25) is 0 Å². The summed E-state index contributed by atoms with van der Waals surface area (Å²) in [7, 11) is 0. The van der Waals surface area contributed by atoms with Gasteiger partial charge in [0.1, 0.15) is 11.6 Å². The minimum atomic E-state index is -1.76. The summed E-state index contributed by atoms with van der Waals surface area (Å²) >= 11 is 0. The Kier molecular flexibility index (Phi) is 5.02. The Morgan fingerprint density at radius 2 is 0.838 bits per heavy atom. The van der Waals surface area contributed by atoms with Gasteiger partial charge < -0.3 is 9.80 Å². The van der Waals surface area contributed by atoms with E-state index < -0.39 is 278 Å². The van der Waals surface area contributed by atoms with E-state index in [2.05, 4.69) is 0 Å². The Hall–Kier alpha value is -8.60. The fourth-order valence-corrected chi connectivity index (χ4v) is 8.86. The Morgan fingerprint density at radius 3 is 1.43 bits per heavy atom. The summed E-state index contributed by atoms with van der Waals surface area (Å²) in [5.41, 5.74) is -9.10. The minimum Gasteiger partial charge on any atom is -0.307 e. The first-order valence-electron chi connectivity index (χ1n) is 36.1. The van der Waals surface area contributed by atoms with Crippen LogP contribution in [0, 0.1) is 23.5 Å². The van der Waals surface area contributed by atoms with Crippen LogP contribution in [0.5, 0.6) is 0 Å². The van der Waals surface area contributed by atoms with Crippen molar-refractivity contribution in [1.82, 2.24) is 0 Å². The Bertz CT molecular complexity index is 5160. The van der Waals surface area contributed by atoms with Crippen LogP contribution in [0.4, 0.5) is 31.5 Å². The van der Waals surface area contributed by atoms with Crippen LogP contribution in [-0.4, -0.2) is 0 Å². The molecule has 8 aromatic rings. The molecule has 68 heavy (non-hydrogen) atoms. The number of para-hydroxylation sites is 2. The predicted molar refractivity (Wildman–Crippen MR) is 276 cm³/mol. The van der Waals surface area contributed by atoms with Gasteiger partial charge in [-0.2, -0.15) is 0 Å². The van der Waals surface area contributed by atoms with Gasteiger partial charge in [0.25, 0.3) is 0 Å². The first-order chi connectivity index (χ1) is 46.4. The van der Waals surface area contributed by atoms with Gasteiger partial charge in [-0.1, -0.05) is 194 Å². The van der Waals surface area contributed by atoms with Crippen molar-refractivity contribution in [3.63, 3.8) is 0 Å². The summed E-state index contributed by atoms with van der Waals surface area (Å²) in [5.74, 6) is -5.59. The standard InChI is InChI=1S/C64H44F2N2/c65-57-41-49(43-19-7-1-8-20-43)39-55(45-23-11-3-12-24-45)63(57)67(51-27-15-5-16-28-51)59-37-33-47-32-36-54-60(38-34-48-31-35-53(59)61(47)62(48)54)68(52-29-17-6-18-30-52)64-56(46-25-13-4-14-26-46)40-50(42-58(64)66)44-21-9-2-10-22-44/h1-42,61-62H/i1D,2D,3D,4D,5D,6D,7D,8D,9D,10D,11D,12D,13D,14D,15D,16D,17D,18D,19D,20D,21D,22D,23D,24D,25D,26D,27D,28D,29D,30D,41D. The van der Waals surface area contributed by atoms with Gasteiger partial charge in [0.05, 0.1) is 65.3 Å². The molecule has 324 valence electrons. The van der Waals surface area contributed by atoms with Crippen molar-refractivity contribution in [2.24, 2.45) is 11.8 Å². The summed E-state index contributed by atoms with van der Waals surface area (Å²) in [6.45, 7) is 0. The molecule has 0 aliphatic heterocycles. The quantitative estimate of drug-likeness (QED) is 0.135. The van der Waals surface area contributed by atoms with Gasteiger partial charge in [-0.05, 0) is 116 Å². The molecular weight excluding hydrogens is 835 g/mol. The van der Waals surface area contributed by atoms with Gasteiger partial charge in [-0.25, -0.2) is 8.78 Å². The second-order valence-corrected chi connectivity index (χ2v) is 15.2. The van der Waals surface area contributed by atoms with E-state index in [9.17, 15) is 12.3 Å². The molecule has 0 aromatic heterocycles. The zero-order chi connectivity index (χ0) is 72.5. The van der Waals surface area contributed by atoms with Crippen molar-refractivity contribution in [2.45, 2.75) is 0 Å². The lowest BCUT2D eigenvalue weighted by atomic mass is 9.63. The van der Waals surface area contributed by atoms with Crippen LogP contribution in [0.25, 0.3) is 44.5 Å². The van der Waals surface area contributed by atoms with Crippen LogP contribution in [-0.2, 0) is 0 Å². The van der Waals surface area contributed by atoms with Gasteiger partial charge >= 0.3 is 0 Å².